The van der Waals surface area contributed by atoms with Crippen LogP contribution in [0.3, 0.4) is 0 Å². The number of hydrazone groups is 1. The van der Waals surface area contributed by atoms with Crippen LogP contribution in [0.15, 0.2) is 23.4 Å². The molecule has 0 radical (unpaired) electrons. The van der Waals surface area contributed by atoms with Gasteiger partial charge in [-0.25, -0.2) is 0 Å². The van der Waals surface area contributed by atoms with Crippen LogP contribution < -0.4 is 5.43 Å². The second-order valence-corrected chi connectivity index (χ2v) is 4.66. The second kappa shape index (κ2) is 6.39. The molecule has 1 N–H and O–H groups in total. The van der Waals surface area contributed by atoms with Gasteiger partial charge >= 0.3 is 0 Å². The molecule has 2 rings (SSSR count). The summed E-state index contributed by atoms with van der Waals surface area (Å²) in [5.74, 6) is 0. The first-order valence-electron chi connectivity index (χ1n) is 6.14. The van der Waals surface area contributed by atoms with E-state index in [1.807, 2.05) is 19.1 Å². The molecule has 0 bridgehead atoms. The van der Waals surface area contributed by atoms with Gasteiger partial charge in [-0.15, -0.1) is 5.10 Å². The summed E-state index contributed by atoms with van der Waals surface area (Å²) in [5.41, 5.74) is 4.46. The van der Waals surface area contributed by atoms with Crippen molar-refractivity contribution < 1.29 is 0 Å². The molecule has 0 aromatic carbocycles. The number of rotatable bonds is 2. The fourth-order valence-electron chi connectivity index (χ4n) is 1.85. The molecule has 18 heavy (non-hydrogen) atoms. The third kappa shape index (κ3) is 3.46. The number of thiocarbonyl (C=S) groups is 1. The van der Waals surface area contributed by atoms with Gasteiger partial charge in [-0.2, -0.15) is 10.2 Å². The van der Waals surface area contributed by atoms with Crippen LogP contribution in [-0.4, -0.2) is 39.0 Å². The summed E-state index contributed by atoms with van der Waals surface area (Å²) in [5, 5.41) is 12.8. The molecular weight excluding hydrogens is 246 g/mol. The Morgan fingerprint density at radius 3 is 2.83 bits per heavy atom. The van der Waals surface area contributed by atoms with E-state index in [-0.39, 0.29) is 0 Å². The summed E-state index contributed by atoms with van der Waals surface area (Å²) in [7, 11) is 0. The Balaban J connectivity index is 1.91. The molecule has 1 aromatic rings. The normalized spacial score (nSPS) is 16.5. The summed E-state index contributed by atoms with van der Waals surface area (Å²) >= 11 is 5.31. The van der Waals surface area contributed by atoms with Gasteiger partial charge in [0.1, 0.15) is 5.69 Å². The quantitative estimate of drug-likeness (QED) is 0.498. The van der Waals surface area contributed by atoms with Crippen LogP contribution in [-0.2, 0) is 0 Å². The van der Waals surface area contributed by atoms with Crippen molar-refractivity contribution in [2.24, 2.45) is 5.10 Å². The lowest BCUT2D eigenvalue weighted by molar-refractivity contribution is 0.338. The highest BCUT2D eigenvalue weighted by Crippen LogP contribution is 2.08. The van der Waals surface area contributed by atoms with Crippen LogP contribution in [0, 0.1) is 0 Å². The standard InChI is InChI=1S/C12H17N5S/c1-10(11-6-5-7-13-15-11)14-16-12(18)17-8-3-2-4-9-17/h5-7H,2-4,8-9H2,1H3,(H,16,18)/b14-10-. The van der Waals surface area contributed by atoms with Crippen LogP contribution >= 0.6 is 12.2 Å². The molecule has 1 saturated heterocycles. The van der Waals surface area contributed by atoms with Crippen LogP contribution in [0.25, 0.3) is 0 Å². The van der Waals surface area contributed by atoms with E-state index in [1.165, 1.54) is 19.3 Å². The van der Waals surface area contributed by atoms with Gasteiger partial charge < -0.3 is 4.90 Å². The highest BCUT2D eigenvalue weighted by atomic mass is 32.1. The smallest absolute Gasteiger partial charge is 0.189 e. The Hall–Kier alpha value is -1.56. The van der Waals surface area contributed by atoms with Gasteiger partial charge in [0.25, 0.3) is 0 Å². The maximum Gasteiger partial charge on any atom is 0.189 e. The third-order valence-corrected chi connectivity index (χ3v) is 3.25. The average Bonchev–Trinajstić information content (AvgIpc) is 2.46. The number of nitrogens with one attached hydrogen (secondary N) is 1. The molecule has 0 unspecified atom stereocenters. The monoisotopic (exact) mass is 263 g/mol. The molecule has 2 heterocycles. The first-order valence-corrected chi connectivity index (χ1v) is 6.55. The number of likely N-dealkylation sites (tertiary alicyclic amines) is 1. The Bertz CT molecular complexity index is 425. The fraction of sp³-hybridized carbons (Fsp3) is 0.500. The topological polar surface area (TPSA) is 53.4 Å². The van der Waals surface area contributed by atoms with Crippen molar-refractivity contribution in [3.63, 3.8) is 0 Å². The lowest BCUT2D eigenvalue weighted by atomic mass is 10.1. The van der Waals surface area contributed by atoms with Gasteiger partial charge in [0.15, 0.2) is 5.11 Å². The molecule has 1 fully saturated rings. The summed E-state index contributed by atoms with van der Waals surface area (Å²) < 4.78 is 0. The lowest BCUT2D eigenvalue weighted by Crippen LogP contribution is -2.41. The number of aromatic nitrogens is 2. The number of hydrogen-bond donors (Lipinski definition) is 1. The van der Waals surface area contributed by atoms with Crippen LogP contribution in [0.2, 0.25) is 0 Å². The summed E-state index contributed by atoms with van der Waals surface area (Å²) in [6, 6.07) is 3.71. The molecule has 1 aliphatic heterocycles. The van der Waals surface area contributed by atoms with Gasteiger partial charge in [0.2, 0.25) is 0 Å². The zero-order valence-electron chi connectivity index (χ0n) is 10.5. The molecule has 0 aliphatic carbocycles. The maximum atomic E-state index is 5.31. The van der Waals surface area contributed by atoms with E-state index in [0.29, 0.717) is 5.11 Å². The number of nitrogens with zero attached hydrogens (tertiary/aromatic N) is 4. The van der Waals surface area contributed by atoms with Crippen LogP contribution in [0.4, 0.5) is 0 Å². The Kier molecular flexibility index (Phi) is 4.58. The molecule has 6 heteroatoms. The molecule has 1 aromatic heterocycles. The SMILES string of the molecule is C/C(=N/NC(=S)N1CCCCC1)c1cccnn1. The first kappa shape index (κ1) is 12.9. The van der Waals surface area contributed by atoms with Gasteiger partial charge in [-0.3, -0.25) is 5.43 Å². The van der Waals surface area contributed by atoms with Crippen LogP contribution in [0.1, 0.15) is 31.9 Å². The average molecular weight is 263 g/mol. The van der Waals surface area contributed by atoms with Crippen molar-refractivity contribution in [2.75, 3.05) is 13.1 Å². The van der Waals surface area contributed by atoms with Gasteiger partial charge in [-0.05, 0) is 50.5 Å². The van der Waals surface area contributed by atoms with Gasteiger partial charge in [0.05, 0.1) is 5.71 Å². The van der Waals surface area contributed by atoms with Crippen molar-refractivity contribution in [1.82, 2.24) is 20.5 Å². The number of piperidine rings is 1. The van der Waals surface area contributed by atoms with Crippen molar-refractivity contribution in [3.05, 3.63) is 24.0 Å². The molecule has 0 atom stereocenters. The minimum absolute atomic E-state index is 0.693. The molecule has 0 spiro atoms. The number of hydrogen-bond acceptors (Lipinski definition) is 4. The van der Waals surface area contributed by atoms with E-state index in [4.69, 9.17) is 12.2 Å². The van der Waals surface area contributed by atoms with E-state index in [1.54, 1.807) is 6.20 Å². The summed E-state index contributed by atoms with van der Waals surface area (Å²) in [6.45, 7) is 3.92. The van der Waals surface area contributed by atoms with E-state index in [2.05, 4.69) is 25.6 Å². The second-order valence-electron chi connectivity index (χ2n) is 4.27. The lowest BCUT2D eigenvalue weighted by Gasteiger charge is -2.28. The largest absolute Gasteiger partial charge is 0.348 e. The first-order chi connectivity index (χ1) is 8.77. The third-order valence-electron chi connectivity index (χ3n) is 2.91. The highest BCUT2D eigenvalue weighted by molar-refractivity contribution is 7.80. The summed E-state index contributed by atoms with van der Waals surface area (Å²) in [4.78, 5) is 2.16. The molecule has 96 valence electrons. The summed E-state index contributed by atoms with van der Waals surface area (Å²) in [6.07, 6.45) is 5.34. The van der Waals surface area contributed by atoms with Gasteiger partial charge in [0, 0.05) is 19.3 Å². The van der Waals surface area contributed by atoms with Crippen LogP contribution in [0.5, 0.6) is 0 Å². The Morgan fingerprint density at radius 1 is 1.39 bits per heavy atom. The molecule has 5 nitrogen and oxygen atoms in total. The van der Waals surface area contributed by atoms with Crippen molar-refractivity contribution >= 4 is 23.0 Å². The zero-order chi connectivity index (χ0) is 12.8. The Labute approximate surface area is 112 Å². The highest BCUT2D eigenvalue weighted by Gasteiger charge is 2.12. The molecular formula is C12H17N5S. The van der Waals surface area contributed by atoms with E-state index in [0.717, 1.165) is 24.5 Å². The fourth-order valence-corrected chi connectivity index (χ4v) is 2.08. The van der Waals surface area contributed by atoms with Crippen molar-refractivity contribution in [1.29, 1.82) is 0 Å². The predicted molar refractivity (Wildman–Crippen MR) is 75.4 cm³/mol. The predicted octanol–water partition coefficient (Wildman–Crippen LogP) is 1.56. The minimum Gasteiger partial charge on any atom is -0.348 e. The maximum absolute atomic E-state index is 5.31. The molecule has 1 aliphatic rings. The Morgan fingerprint density at radius 2 is 2.17 bits per heavy atom. The van der Waals surface area contributed by atoms with Gasteiger partial charge in [-0.1, -0.05) is 0 Å². The van der Waals surface area contributed by atoms with Crippen molar-refractivity contribution in [3.8, 4) is 0 Å². The van der Waals surface area contributed by atoms with E-state index in [9.17, 15) is 0 Å². The minimum atomic E-state index is 0.693. The zero-order valence-corrected chi connectivity index (χ0v) is 11.3. The van der Waals surface area contributed by atoms with Crippen molar-refractivity contribution in [2.45, 2.75) is 26.2 Å². The van der Waals surface area contributed by atoms with E-state index < -0.39 is 0 Å². The molecule has 0 amide bonds. The van der Waals surface area contributed by atoms with E-state index >= 15 is 0 Å². The molecule has 0 saturated carbocycles.